The lowest BCUT2D eigenvalue weighted by Crippen LogP contribution is -2.12. The highest BCUT2D eigenvalue weighted by molar-refractivity contribution is 9.10. The van der Waals surface area contributed by atoms with E-state index in [-0.39, 0.29) is 43.1 Å². The summed E-state index contributed by atoms with van der Waals surface area (Å²) in [6.07, 6.45) is 0.367. The maximum absolute atomic E-state index is 14.4. The second-order valence-corrected chi connectivity index (χ2v) is 12.9. The number of sulfone groups is 1. The third kappa shape index (κ3) is 4.22. The maximum atomic E-state index is 14.4. The van der Waals surface area contributed by atoms with Crippen LogP contribution in [0.3, 0.4) is 0 Å². The van der Waals surface area contributed by atoms with Crippen molar-refractivity contribution in [1.29, 1.82) is 0 Å². The molecule has 0 bridgehead atoms. The number of hydrogen-bond acceptors (Lipinski definition) is 6. The Balaban J connectivity index is 1.76. The fourth-order valence-corrected chi connectivity index (χ4v) is 7.97. The topological polar surface area (TPSA) is 144 Å². The highest BCUT2D eigenvalue weighted by atomic mass is 79.9. The maximum Gasteiger partial charge on any atom is 0.400 e. The highest BCUT2D eigenvalue weighted by Crippen LogP contribution is 2.63. The Hall–Kier alpha value is -1.89. The first kappa shape index (κ1) is 24.2. The molecule has 8 nitrogen and oxygen atoms in total. The summed E-state index contributed by atoms with van der Waals surface area (Å²) in [5.74, 6) is -0.827. The molecule has 0 aliphatic carbocycles. The molecule has 0 saturated carbocycles. The first-order valence-electron chi connectivity index (χ1n) is 9.19. The fourth-order valence-electron chi connectivity index (χ4n) is 3.45. The molecule has 14 heteroatoms. The normalized spacial score (nSPS) is 15.5. The molecule has 0 unspecified atom stereocenters. The zero-order valence-corrected chi connectivity index (χ0v) is 20.5. The van der Waals surface area contributed by atoms with Crippen LogP contribution in [0.1, 0.15) is 26.4 Å². The van der Waals surface area contributed by atoms with Gasteiger partial charge in [0.15, 0.2) is 9.84 Å². The van der Waals surface area contributed by atoms with Gasteiger partial charge in [-0.1, -0.05) is 12.1 Å². The van der Waals surface area contributed by atoms with Crippen molar-refractivity contribution >= 4 is 60.7 Å². The molecular weight excluding hydrogens is 567 g/mol. The van der Waals surface area contributed by atoms with Crippen LogP contribution in [-0.2, 0) is 33.1 Å². The van der Waals surface area contributed by atoms with Crippen molar-refractivity contribution in [3.63, 3.8) is 0 Å². The number of carbonyl (C=O) groups excluding carboxylic acids is 1. The largest absolute Gasteiger partial charge is 0.487 e. The Bertz CT molecular complexity index is 1470. The Morgan fingerprint density at radius 2 is 1.97 bits per heavy atom. The van der Waals surface area contributed by atoms with Crippen molar-refractivity contribution in [1.82, 2.24) is 0 Å². The third-order valence-corrected chi connectivity index (χ3v) is 10.4. The number of ether oxygens (including phenoxy) is 1. The first-order chi connectivity index (χ1) is 15.2. The van der Waals surface area contributed by atoms with Gasteiger partial charge in [0.2, 0.25) is 5.91 Å². The number of aryl methyl sites for hydroxylation is 1. The minimum absolute atomic E-state index is 0.00730. The van der Waals surface area contributed by atoms with Crippen molar-refractivity contribution in [2.24, 2.45) is 5.73 Å². The lowest BCUT2D eigenvalue weighted by Gasteiger charge is -2.16. The zero-order valence-electron chi connectivity index (χ0n) is 16.4. The molecule has 1 aromatic heterocycles. The second kappa shape index (κ2) is 8.10. The van der Waals surface area contributed by atoms with Gasteiger partial charge in [-0.15, -0.1) is 11.3 Å². The Morgan fingerprint density at radius 1 is 1.27 bits per heavy atom. The van der Waals surface area contributed by atoms with Crippen molar-refractivity contribution in [3.05, 3.63) is 56.4 Å². The number of rotatable bonds is 6. The SMILES string of the molecule is NC(=O)c1cc(OCc2ccc3c(c2)CCS3(=O)=O)c2sc(C(F)(F)P(=O)(O)O)c(Br)c2c1. The summed E-state index contributed by atoms with van der Waals surface area (Å²) >= 11 is 3.37. The van der Waals surface area contributed by atoms with Crippen molar-refractivity contribution in [2.45, 2.75) is 23.6 Å². The third-order valence-electron chi connectivity index (χ3n) is 5.11. The number of carbonyl (C=O) groups is 1. The summed E-state index contributed by atoms with van der Waals surface area (Å²) in [5, 5.41) is 0.0782. The smallest absolute Gasteiger partial charge is 0.400 e. The van der Waals surface area contributed by atoms with Gasteiger partial charge in [-0.3, -0.25) is 9.36 Å². The molecule has 4 N–H and O–H groups in total. The van der Waals surface area contributed by atoms with Gasteiger partial charge in [-0.25, -0.2) is 8.42 Å². The number of alkyl halides is 2. The van der Waals surface area contributed by atoms with E-state index in [2.05, 4.69) is 15.9 Å². The van der Waals surface area contributed by atoms with Gasteiger partial charge in [0.1, 0.15) is 17.2 Å². The van der Waals surface area contributed by atoms with E-state index in [1.54, 1.807) is 12.1 Å². The Kier molecular flexibility index (Phi) is 5.95. The van der Waals surface area contributed by atoms with E-state index in [1.807, 2.05) is 0 Å². The number of primary amides is 1. The van der Waals surface area contributed by atoms with Crippen LogP contribution in [0.5, 0.6) is 5.75 Å². The molecule has 176 valence electrons. The second-order valence-electron chi connectivity index (χ2n) is 7.35. The predicted molar refractivity (Wildman–Crippen MR) is 121 cm³/mol. The number of halogens is 3. The Labute approximate surface area is 198 Å². The highest BCUT2D eigenvalue weighted by Gasteiger charge is 2.53. The van der Waals surface area contributed by atoms with E-state index >= 15 is 0 Å². The van der Waals surface area contributed by atoms with Gasteiger partial charge >= 0.3 is 13.3 Å². The van der Waals surface area contributed by atoms with E-state index in [1.165, 1.54) is 18.2 Å². The molecule has 33 heavy (non-hydrogen) atoms. The molecule has 0 radical (unpaired) electrons. The van der Waals surface area contributed by atoms with Crippen molar-refractivity contribution < 1.29 is 41.1 Å². The van der Waals surface area contributed by atoms with E-state index < -0.39 is 33.9 Å². The van der Waals surface area contributed by atoms with Crippen LogP contribution >= 0.6 is 34.9 Å². The summed E-state index contributed by atoms with van der Waals surface area (Å²) < 4.78 is 69.8. The van der Waals surface area contributed by atoms with Crippen molar-refractivity contribution in [2.75, 3.05) is 5.75 Å². The van der Waals surface area contributed by atoms with Gasteiger partial charge < -0.3 is 20.3 Å². The number of hydrogen-bond donors (Lipinski definition) is 3. The van der Waals surface area contributed by atoms with E-state index in [4.69, 9.17) is 20.3 Å². The molecule has 4 rings (SSSR count). The molecule has 1 amide bonds. The van der Waals surface area contributed by atoms with E-state index in [9.17, 15) is 26.6 Å². The van der Waals surface area contributed by atoms with Gasteiger partial charge in [-0.2, -0.15) is 8.78 Å². The van der Waals surface area contributed by atoms with Crippen LogP contribution in [0.25, 0.3) is 10.1 Å². The molecule has 2 aromatic carbocycles. The van der Waals surface area contributed by atoms with Gasteiger partial charge in [0, 0.05) is 15.4 Å². The molecular formula is C19H15BrF2NO7PS2. The quantitative estimate of drug-likeness (QED) is 0.374. The van der Waals surface area contributed by atoms with Gasteiger partial charge in [0.05, 0.1) is 15.3 Å². The summed E-state index contributed by atoms with van der Waals surface area (Å²) in [7, 11) is -9.13. The molecule has 1 aliphatic rings. The number of nitrogens with two attached hydrogens (primary N) is 1. The van der Waals surface area contributed by atoms with Gasteiger partial charge in [-0.05, 0) is 51.7 Å². The van der Waals surface area contributed by atoms with Crippen LogP contribution in [0.2, 0.25) is 0 Å². The van der Waals surface area contributed by atoms with Crippen molar-refractivity contribution in [3.8, 4) is 5.75 Å². The van der Waals surface area contributed by atoms with Crippen LogP contribution in [0, 0.1) is 0 Å². The molecule has 0 fully saturated rings. The minimum Gasteiger partial charge on any atom is -0.487 e. The number of thiophene rings is 1. The monoisotopic (exact) mass is 581 g/mol. The summed E-state index contributed by atoms with van der Waals surface area (Å²) in [6, 6.07) is 7.20. The lowest BCUT2D eigenvalue weighted by molar-refractivity contribution is 0.0595. The van der Waals surface area contributed by atoms with Gasteiger partial charge in [0.25, 0.3) is 0 Å². The summed E-state index contributed by atoms with van der Waals surface area (Å²) in [5.41, 5.74) is 2.08. The average Bonchev–Trinajstić information content (AvgIpc) is 3.22. The summed E-state index contributed by atoms with van der Waals surface area (Å²) in [4.78, 5) is 29.4. The number of benzene rings is 2. The zero-order chi connectivity index (χ0) is 24.3. The summed E-state index contributed by atoms with van der Waals surface area (Å²) in [6.45, 7) is -0.0790. The molecule has 3 aromatic rings. The average molecular weight is 582 g/mol. The van der Waals surface area contributed by atoms with Crippen LogP contribution in [0.4, 0.5) is 8.78 Å². The minimum atomic E-state index is -5.84. The Morgan fingerprint density at radius 3 is 2.61 bits per heavy atom. The predicted octanol–water partition coefficient (Wildman–Crippen LogP) is 3.90. The number of fused-ring (bicyclic) bond motifs is 2. The van der Waals surface area contributed by atoms with Crippen LogP contribution in [0.15, 0.2) is 39.7 Å². The standard InChI is InChI=1S/C19H15BrF2NO7PS2/c20-15-12-6-11(18(23)24)7-13(16(12)32-17(15)19(21,22)31(25,26)27)30-8-9-1-2-14-10(5-9)3-4-33(14,28)29/h1-2,5-7H,3-4,8H2,(H2,23,24)(H2,25,26,27). The van der Waals surface area contributed by atoms with Crippen LogP contribution in [-0.4, -0.2) is 29.9 Å². The molecule has 1 aliphatic heterocycles. The molecule has 2 heterocycles. The fraction of sp³-hybridized carbons (Fsp3) is 0.211. The number of amides is 1. The first-order valence-corrected chi connectivity index (χ1v) is 14.1. The van der Waals surface area contributed by atoms with Crippen LogP contribution < -0.4 is 10.5 Å². The van der Waals surface area contributed by atoms with E-state index in [0.717, 1.165) is 0 Å². The lowest BCUT2D eigenvalue weighted by atomic mass is 10.1. The van der Waals surface area contributed by atoms with E-state index in [0.29, 0.717) is 28.9 Å². The molecule has 0 saturated heterocycles. The molecule has 0 atom stereocenters. The molecule has 0 spiro atoms.